The molecule has 0 aromatic carbocycles. The van der Waals surface area contributed by atoms with Crippen molar-refractivity contribution in [2.24, 2.45) is 15.7 Å². The van der Waals surface area contributed by atoms with Gasteiger partial charge in [-0.2, -0.15) is 0 Å². The van der Waals surface area contributed by atoms with E-state index in [0.29, 0.717) is 0 Å². The molecule has 0 saturated heterocycles. The van der Waals surface area contributed by atoms with Gasteiger partial charge in [0.05, 0.1) is 5.55 Å². The number of hydrogen-bond donors (Lipinski definition) is 1. The van der Waals surface area contributed by atoms with Crippen molar-refractivity contribution in [2.45, 2.75) is 0 Å². The van der Waals surface area contributed by atoms with Gasteiger partial charge in [0, 0.05) is 13.2 Å². The lowest BCUT2D eigenvalue weighted by Crippen LogP contribution is -1.92. The first-order valence-corrected chi connectivity index (χ1v) is 3.34. The molecule has 48 valence electrons. The van der Waals surface area contributed by atoms with Crippen molar-refractivity contribution in [3.8, 4) is 0 Å². The molecule has 0 atom stereocenters. The van der Waals surface area contributed by atoms with E-state index in [1.165, 1.54) is 18.0 Å². The van der Waals surface area contributed by atoms with Crippen LogP contribution in [-0.4, -0.2) is 17.6 Å². The van der Waals surface area contributed by atoms with Crippen LogP contribution < -0.4 is 5.73 Å². The number of aliphatic imine (C=N–C) groups is 2. The Hall–Kier alpha value is -0.770. The third-order valence-electron chi connectivity index (χ3n) is 0.936. The summed E-state index contributed by atoms with van der Waals surface area (Å²) in [7, 11) is 1.72. The van der Waals surface area contributed by atoms with Crippen LogP contribution in [0.5, 0.6) is 0 Å². The van der Waals surface area contributed by atoms with Gasteiger partial charge in [0.1, 0.15) is 10.7 Å². The molecule has 0 aromatic heterocycles. The average molecular weight is 141 g/mol. The van der Waals surface area contributed by atoms with Crippen LogP contribution in [0.4, 0.5) is 0 Å². The van der Waals surface area contributed by atoms with Crippen LogP contribution in [0, 0.1) is 0 Å². The molecule has 1 aliphatic heterocycles. The van der Waals surface area contributed by atoms with Crippen molar-refractivity contribution in [1.82, 2.24) is 0 Å². The van der Waals surface area contributed by atoms with E-state index in [4.69, 9.17) is 5.73 Å². The quantitative estimate of drug-likeness (QED) is 0.536. The number of thioether (sulfide) groups is 1. The summed E-state index contributed by atoms with van der Waals surface area (Å²) in [5.74, 6) is 0. The molecule has 0 radical (unpaired) electrons. The van der Waals surface area contributed by atoms with Crippen molar-refractivity contribution in [3.05, 3.63) is 11.9 Å². The summed E-state index contributed by atoms with van der Waals surface area (Å²) in [4.78, 5) is 7.90. The van der Waals surface area contributed by atoms with Gasteiger partial charge in [-0.1, -0.05) is 11.8 Å². The van der Waals surface area contributed by atoms with E-state index < -0.39 is 0 Å². The minimum Gasteiger partial charge on any atom is -0.403 e. The summed E-state index contributed by atoms with van der Waals surface area (Å²) in [5, 5.41) is 0.887. The fourth-order valence-electron chi connectivity index (χ4n) is 0.530. The van der Waals surface area contributed by atoms with Gasteiger partial charge < -0.3 is 5.73 Å². The normalized spacial score (nSPS) is 26.3. The number of rotatable bonds is 0. The maximum atomic E-state index is 5.23. The van der Waals surface area contributed by atoms with Crippen molar-refractivity contribution in [2.75, 3.05) is 7.05 Å². The second-order valence-electron chi connectivity index (χ2n) is 1.43. The zero-order valence-electron chi connectivity index (χ0n) is 5.03. The van der Waals surface area contributed by atoms with Crippen molar-refractivity contribution in [1.29, 1.82) is 0 Å². The van der Waals surface area contributed by atoms with Gasteiger partial charge in [-0.05, 0) is 0 Å². The molecule has 1 rings (SSSR count). The van der Waals surface area contributed by atoms with Crippen LogP contribution in [-0.2, 0) is 0 Å². The molecule has 1 aliphatic rings. The van der Waals surface area contributed by atoms with Gasteiger partial charge in [-0.15, -0.1) is 0 Å². The predicted octanol–water partition coefficient (Wildman–Crippen LogP) is 0.590. The van der Waals surface area contributed by atoms with Crippen molar-refractivity contribution >= 4 is 22.4 Å². The zero-order valence-corrected chi connectivity index (χ0v) is 5.85. The van der Waals surface area contributed by atoms with Gasteiger partial charge >= 0.3 is 0 Å². The summed E-state index contributed by atoms with van der Waals surface area (Å²) in [6.07, 6.45) is 1.46. The fraction of sp³-hybridized carbons (Fsp3) is 0.200. The molecule has 0 unspecified atom stereocenters. The molecule has 0 amide bonds. The summed E-state index contributed by atoms with van der Waals surface area (Å²) >= 11 is 1.49. The first-order chi connectivity index (χ1) is 4.38. The van der Waals surface area contributed by atoms with Crippen LogP contribution >= 0.6 is 11.8 Å². The molecule has 4 heteroatoms. The molecule has 2 N–H and O–H groups in total. The summed E-state index contributed by atoms with van der Waals surface area (Å²) in [5.41, 5.74) is 7.72. The highest BCUT2D eigenvalue weighted by Crippen LogP contribution is 2.17. The minimum absolute atomic E-state index is 0.766. The lowest BCUT2D eigenvalue weighted by molar-refractivity contribution is 1.39. The maximum Gasteiger partial charge on any atom is 0.123 e. The van der Waals surface area contributed by atoms with E-state index in [2.05, 4.69) is 9.98 Å². The number of nitrogens with two attached hydrogens (primary N) is 1. The number of hydrogen-bond acceptors (Lipinski definition) is 4. The Labute approximate surface area is 57.8 Å². The standard InChI is InChI=1S/C5H7N3S/c1-7-5-4(2-6)8-3-9-5/h2-3H,6H2,1H3/b4-2+,7-5+. The first kappa shape index (κ1) is 6.35. The van der Waals surface area contributed by atoms with E-state index in [-0.39, 0.29) is 0 Å². The van der Waals surface area contributed by atoms with Gasteiger partial charge in [0.2, 0.25) is 0 Å². The topological polar surface area (TPSA) is 50.7 Å². The van der Waals surface area contributed by atoms with E-state index >= 15 is 0 Å². The highest BCUT2D eigenvalue weighted by molar-refractivity contribution is 8.25. The van der Waals surface area contributed by atoms with Gasteiger partial charge in [0.25, 0.3) is 0 Å². The molecule has 0 aromatic rings. The largest absolute Gasteiger partial charge is 0.403 e. The monoisotopic (exact) mass is 141 g/mol. The first-order valence-electron chi connectivity index (χ1n) is 2.46. The van der Waals surface area contributed by atoms with Crippen LogP contribution in [0.15, 0.2) is 21.9 Å². The summed E-state index contributed by atoms with van der Waals surface area (Å²) < 4.78 is 0. The Bertz CT molecular complexity index is 192. The van der Waals surface area contributed by atoms with E-state index in [9.17, 15) is 0 Å². The highest BCUT2D eigenvalue weighted by atomic mass is 32.2. The lowest BCUT2D eigenvalue weighted by atomic mass is 10.5. The number of nitrogens with zero attached hydrogens (tertiary/aromatic N) is 2. The van der Waals surface area contributed by atoms with E-state index in [1.807, 2.05) is 0 Å². The molecule has 0 aliphatic carbocycles. The smallest absolute Gasteiger partial charge is 0.123 e. The second-order valence-corrected chi connectivity index (χ2v) is 2.27. The molecular weight excluding hydrogens is 134 g/mol. The van der Waals surface area contributed by atoms with Gasteiger partial charge in [-0.3, -0.25) is 4.99 Å². The van der Waals surface area contributed by atoms with Crippen LogP contribution in [0.25, 0.3) is 0 Å². The molecule has 0 spiro atoms. The molecule has 1 heterocycles. The van der Waals surface area contributed by atoms with Gasteiger partial charge in [-0.25, -0.2) is 4.99 Å². The average Bonchev–Trinajstić information content (AvgIpc) is 2.33. The lowest BCUT2D eigenvalue weighted by Gasteiger charge is -1.89. The zero-order chi connectivity index (χ0) is 6.69. The van der Waals surface area contributed by atoms with Crippen molar-refractivity contribution in [3.63, 3.8) is 0 Å². The van der Waals surface area contributed by atoms with E-state index in [0.717, 1.165) is 10.7 Å². The molecule has 9 heavy (non-hydrogen) atoms. The SMILES string of the molecule is C/N=C1/SC=N/C1=C/N. The summed E-state index contributed by atoms with van der Waals surface area (Å²) in [6, 6.07) is 0. The third kappa shape index (κ3) is 1.13. The predicted molar refractivity (Wildman–Crippen MR) is 41.7 cm³/mol. The molecule has 0 bridgehead atoms. The minimum atomic E-state index is 0.766. The summed E-state index contributed by atoms with van der Waals surface area (Å²) in [6.45, 7) is 0. The third-order valence-corrected chi connectivity index (χ3v) is 1.76. The van der Waals surface area contributed by atoms with Crippen LogP contribution in [0.2, 0.25) is 0 Å². The molecule has 0 fully saturated rings. The van der Waals surface area contributed by atoms with Gasteiger partial charge in [0.15, 0.2) is 0 Å². The second kappa shape index (κ2) is 2.68. The highest BCUT2D eigenvalue weighted by Gasteiger charge is 2.08. The Balaban J connectivity index is 2.84. The Morgan fingerprint density at radius 1 is 1.89 bits per heavy atom. The van der Waals surface area contributed by atoms with Crippen LogP contribution in [0.3, 0.4) is 0 Å². The Kier molecular flexibility index (Phi) is 1.89. The molecular formula is C5H7N3S. The van der Waals surface area contributed by atoms with E-state index in [1.54, 1.807) is 12.6 Å². The maximum absolute atomic E-state index is 5.23. The molecule has 3 nitrogen and oxygen atoms in total. The Morgan fingerprint density at radius 2 is 2.67 bits per heavy atom. The van der Waals surface area contributed by atoms with Crippen LogP contribution in [0.1, 0.15) is 0 Å². The van der Waals surface area contributed by atoms with Crippen molar-refractivity contribution < 1.29 is 0 Å². The molecule has 0 saturated carbocycles. The fourth-order valence-corrected chi connectivity index (χ4v) is 1.14. The Morgan fingerprint density at radius 3 is 3.11 bits per heavy atom.